The zero-order valence-corrected chi connectivity index (χ0v) is 12.5. The summed E-state index contributed by atoms with van der Waals surface area (Å²) in [5.74, 6) is 0.140. The van der Waals surface area contributed by atoms with Gasteiger partial charge in [-0.25, -0.2) is 13.1 Å². The van der Waals surface area contributed by atoms with Gasteiger partial charge in [0, 0.05) is 12.1 Å². The first-order valence-electron chi connectivity index (χ1n) is 6.42. The van der Waals surface area contributed by atoms with Crippen molar-refractivity contribution >= 4 is 21.6 Å². The standard InChI is InChI=1S/C13H21N3O3S/c1-10(9-14)6-7-13(17)16-11-4-3-5-12(8-11)20(18,19)15-2/h3-5,8,10,15H,6-7,9,14H2,1-2H3,(H,16,17). The molecule has 0 saturated carbocycles. The van der Waals surface area contributed by atoms with Gasteiger partial charge >= 0.3 is 0 Å². The average molecular weight is 299 g/mol. The molecular weight excluding hydrogens is 278 g/mol. The molecule has 0 aliphatic heterocycles. The van der Waals surface area contributed by atoms with E-state index in [1.165, 1.54) is 19.2 Å². The van der Waals surface area contributed by atoms with Crippen molar-refractivity contribution in [3.05, 3.63) is 24.3 Å². The van der Waals surface area contributed by atoms with E-state index >= 15 is 0 Å². The molecule has 1 rings (SSSR count). The minimum atomic E-state index is -3.50. The van der Waals surface area contributed by atoms with Gasteiger partial charge in [-0.05, 0) is 44.1 Å². The third-order valence-corrected chi connectivity index (χ3v) is 4.38. The summed E-state index contributed by atoms with van der Waals surface area (Å²) < 4.78 is 25.5. The Kier molecular flexibility index (Phi) is 6.12. The second kappa shape index (κ2) is 7.37. The van der Waals surface area contributed by atoms with Crippen LogP contribution in [0.15, 0.2) is 29.2 Å². The van der Waals surface area contributed by atoms with Gasteiger partial charge in [-0.15, -0.1) is 0 Å². The molecule has 0 aromatic heterocycles. The lowest BCUT2D eigenvalue weighted by molar-refractivity contribution is -0.116. The van der Waals surface area contributed by atoms with Crippen molar-refractivity contribution in [1.82, 2.24) is 4.72 Å². The van der Waals surface area contributed by atoms with Crippen LogP contribution in [0.25, 0.3) is 0 Å². The first-order chi connectivity index (χ1) is 9.39. The highest BCUT2D eigenvalue weighted by Crippen LogP contribution is 2.15. The van der Waals surface area contributed by atoms with Crippen LogP contribution in [0.4, 0.5) is 5.69 Å². The van der Waals surface area contributed by atoms with Crippen LogP contribution in [0, 0.1) is 5.92 Å². The molecule has 1 amide bonds. The molecule has 0 radical (unpaired) electrons. The molecule has 0 bridgehead atoms. The number of hydrogen-bond donors (Lipinski definition) is 3. The Morgan fingerprint density at radius 1 is 1.40 bits per heavy atom. The number of sulfonamides is 1. The second-order valence-corrected chi connectivity index (χ2v) is 6.55. The monoisotopic (exact) mass is 299 g/mol. The Bertz CT molecular complexity index is 558. The minimum Gasteiger partial charge on any atom is -0.330 e. The lowest BCUT2D eigenvalue weighted by Crippen LogP contribution is -2.19. The molecule has 112 valence electrons. The number of rotatable bonds is 7. The van der Waals surface area contributed by atoms with E-state index in [9.17, 15) is 13.2 Å². The lowest BCUT2D eigenvalue weighted by atomic mass is 10.1. The molecule has 0 fully saturated rings. The maximum Gasteiger partial charge on any atom is 0.240 e. The average Bonchev–Trinajstić information content (AvgIpc) is 2.45. The third-order valence-electron chi connectivity index (χ3n) is 2.96. The van der Waals surface area contributed by atoms with Gasteiger partial charge < -0.3 is 11.1 Å². The maximum absolute atomic E-state index is 11.7. The summed E-state index contributed by atoms with van der Waals surface area (Å²) in [6.45, 7) is 2.52. The number of nitrogens with one attached hydrogen (secondary N) is 2. The van der Waals surface area contributed by atoms with Gasteiger partial charge in [-0.1, -0.05) is 13.0 Å². The molecule has 7 heteroatoms. The minimum absolute atomic E-state index is 0.119. The highest BCUT2D eigenvalue weighted by molar-refractivity contribution is 7.89. The molecule has 0 heterocycles. The summed E-state index contributed by atoms with van der Waals surface area (Å²) in [6.07, 6.45) is 1.07. The molecule has 0 saturated heterocycles. The zero-order chi connectivity index (χ0) is 15.2. The van der Waals surface area contributed by atoms with E-state index in [-0.39, 0.29) is 16.7 Å². The van der Waals surface area contributed by atoms with Crippen LogP contribution in [-0.4, -0.2) is 27.9 Å². The van der Waals surface area contributed by atoms with Gasteiger partial charge in [-0.3, -0.25) is 4.79 Å². The third kappa shape index (κ3) is 4.92. The van der Waals surface area contributed by atoms with Crippen LogP contribution in [0.2, 0.25) is 0 Å². The zero-order valence-electron chi connectivity index (χ0n) is 11.7. The van der Waals surface area contributed by atoms with E-state index in [0.717, 1.165) is 0 Å². The Balaban J connectivity index is 2.70. The number of amides is 1. The number of anilines is 1. The fourth-order valence-corrected chi connectivity index (χ4v) is 2.35. The Morgan fingerprint density at radius 3 is 2.70 bits per heavy atom. The molecule has 6 nitrogen and oxygen atoms in total. The van der Waals surface area contributed by atoms with Crippen LogP contribution in [0.5, 0.6) is 0 Å². The SMILES string of the molecule is CNS(=O)(=O)c1cccc(NC(=O)CCC(C)CN)c1. The van der Waals surface area contributed by atoms with Crippen molar-refractivity contribution in [2.24, 2.45) is 11.7 Å². The first kappa shape index (κ1) is 16.6. The predicted molar refractivity (Wildman–Crippen MR) is 78.8 cm³/mol. The van der Waals surface area contributed by atoms with Crippen LogP contribution in [0.3, 0.4) is 0 Å². The molecule has 1 atom stereocenters. The second-order valence-electron chi connectivity index (χ2n) is 4.66. The van der Waals surface area contributed by atoms with Crippen LogP contribution < -0.4 is 15.8 Å². The van der Waals surface area contributed by atoms with Gasteiger partial charge in [0.25, 0.3) is 0 Å². The van der Waals surface area contributed by atoms with Crippen LogP contribution in [-0.2, 0) is 14.8 Å². The quantitative estimate of drug-likeness (QED) is 0.696. The molecular formula is C13H21N3O3S. The molecule has 4 N–H and O–H groups in total. The molecule has 1 aromatic carbocycles. The van der Waals surface area contributed by atoms with Gasteiger partial charge in [0.1, 0.15) is 0 Å². The predicted octanol–water partition coefficient (Wildman–Crippen LogP) is 0.908. The van der Waals surface area contributed by atoms with Gasteiger partial charge in [0.2, 0.25) is 15.9 Å². The van der Waals surface area contributed by atoms with Crippen LogP contribution >= 0.6 is 0 Å². The van der Waals surface area contributed by atoms with E-state index < -0.39 is 10.0 Å². The van der Waals surface area contributed by atoms with Crippen LogP contribution in [0.1, 0.15) is 19.8 Å². The largest absolute Gasteiger partial charge is 0.330 e. The highest BCUT2D eigenvalue weighted by atomic mass is 32.2. The van der Waals surface area contributed by atoms with Crippen molar-refractivity contribution in [2.45, 2.75) is 24.7 Å². The summed E-state index contributed by atoms with van der Waals surface area (Å²) in [5, 5.41) is 2.69. The van der Waals surface area contributed by atoms with E-state index in [1.807, 2.05) is 6.92 Å². The number of benzene rings is 1. The van der Waals surface area contributed by atoms with E-state index in [2.05, 4.69) is 10.0 Å². The molecule has 0 aliphatic carbocycles. The van der Waals surface area contributed by atoms with E-state index in [0.29, 0.717) is 25.1 Å². The van der Waals surface area contributed by atoms with E-state index in [4.69, 9.17) is 5.73 Å². The molecule has 20 heavy (non-hydrogen) atoms. The number of hydrogen-bond acceptors (Lipinski definition) is 4. The normalized spacial score (nSPS) is 12.9. The van der Waals surface area contributed by atoms with Crippen molar-refractivity contribution in [1.29, 1.82) is 0 Å². The molecule has 0 aliphatic rings. The van der Waals surface area contributed by atoms with Gasteiger partial charge in [-0.2, -0.15) is 0 Å². The summed E-state index contributed by atoms with van der Waals surface area (Å²) in [5.41, 5.74) is 5.95. The molecule has 0 spiro atoms. The van der Waals surface area contributed by atoms with Crippen molar-refractivity contribution in [3.63, 3.8) is 0 Å². The van der Waals surface area contributed by atoms with Gasteiger partial charge in [0.05, 0.1) is 4.90 Å². The fourth-order valence-electron chi connectivity index (χ4n) is 1.58. The summed E-state index contributed by atoms with van der Waals surface area (Å²) in [7, 11) is -2.16. The Morgan fingerprint density at radius 2 is 2.10 bits per heavy atom. The molecule has 1 aromatic rings. The van der Waals surface area contributed by atoms with E-state index in [1.54, 1.807) is 12.1 Å². The number of carbonyl (C=O) groups excluding carboxylic acids is 1. The van der Waals surface area contributed by atoms with Crippen molar-refractivity contribution in [2.75, 3.05) is 18.9 Å². The topological polar surface area (TPSA) is 101 Å². The van der Waals surface area contributed by atoms with Crippen molar-refractivity contribution < 1.29 is 13.2 Å². The summed E-state index contributed by atoms with van der Waals surface area (Å²) in [4.78, 5) is 11.9. The smallest absolute Gasteiger partial charge is 0.240 e. The summed E-state index contributed by atoms with van der Waals surface area (Å²) in [6, 6.07) is 6.13. The first-order valence-corrected chi connectivity index (χ1v) is 7.91. The molecule has 1 unspecified atom stereocenters. The van der Waals surface area contributed by atoms with Gasteiger partial charge in [0.15, 0.2) is 0 Å². The van der Waals surface area contributed by atoms with Crippen molar-refractivity contribution in [3.8, 4) is 0 Å². The Labute approximate surface area is 119 Å². The highest BCUT2D eigenvalue weighted by Gasteiger charge is 2.12. The summed E-state index contributed by atoms with van der Waals surface area (Å²) >= 11 is 0. The number of nitrogens with two attached hydrogens (primary N) is 1. The maximum atomic E-state index is 11.7. The fraction of sp³-hybridized carbons (Fsp3) is 0.462. The number of carbonyl (C=O) groups is 1. The lowest BCUT2D eigenvalue weighted by Gasteiger charge is -2.10. The Hall–Kier alpha value is -1.44.